The number of amides is 2. The van der Waals surface area contributed by atoms with Crippen molar-refractivity contribution < 1.29 is 33.7 Å². The molecule has 0 spiro atoms. The van der Waals surface area contributed by atoms with Gasteiger partial charge in [0.05, 0.1) is 32.0 Å². The van der Waals surface area contributed by atoms with Gasteiger partial charge in [-0.05, 0) is 112 Å². The standard InChI is InChI=1S/C30H39BrN4O4.C11H13NO3/c1-30(2,3)39-29(37)35-14-12-34(13-15-35)27-11-10-26(31)24-9-6-22(20-25(24)27)32-28(36)21-4-7-23(8-5-21)33-16-18-38-19-17-33;13-11(14)9-1-3-10(4-2-9)12-5-7-15-8-6-12/h4-5,7-8,10-11,22H,6,9,12-20H2,1-3H3,(H,32,36);1-4H,5-8H2,(H,13,14)/t22-;/m1./s1. The third-order valence-corrected chi connectivity index (χ3v) is 10.9. The lowest BCUT2D eigenvalue weighted by Gasteiger charge is -2.39. The van der Waals surface area contributed by atoms with Crippen LogP contribution in [-0.2, 0) is 27.1 Å². The number of hydrogen-bond donors (Lipinski definition) is 2. The third-order valence-electron chi connectivity index (χ3n) is 10.1. The lowest BCUT2D eigenvalue weighted by Crippen LogP contribution is -2.50. The second kappa shape index (κ2) is 17.9. The molecule has 0 bridgehead atoms. The van der Waals surface area contributed by atoms with Crippen LogP contribution in [0.1, 0.15) is 59.0 Å². The highest BCUT2D eigenvalue weighted by molar-refractivity contribution is 9.10. The molecule has 2 amide bonds. The van der Waals surface area contributed by atoms with Gasteiger partial charge in [-0.2, -0.15) is 0 Å². The zero-order valence-corrected chi connectivity index (χ0v) is 33.1. The molecule has 2 N–H and O–H groups in total. The van der Waals surface area contributed by atoms with Crippen LogP contribution in [0.25, 0.3) is 0 Å². The number of fused-ring (bicyclic) bond motifs is 1. The van der Waals surface area contributed by atoms with Gasteiger partial charge < -0.3 is 44.2 Å². The van der Waals surface area contributed by atoms with E-state index in [4.69, 9.17) is 19.3 Å². The summed E-state index contributed by atoms with van der Waals surface area (Å²) in [6.45, 7) is 14.9. The number of benzene rings is 3. The summed E-state index contributed by atoms with van der Waals surface area (Å²) in [5, 5.41) is 12.0. The largest absolute Gasteiger partial charge is 0.478 e. The molecule has 3 aromatic rings. The number of carbonyl (C=O) groups is 3. The number of morpholine rings is 2. The number of piperazine rings is 1. The molecule has 4 aliphatic rings. The van der Waals surface area contributed by atoms with Gasteiger partial charge in [-0.3, -0.25) is 4.79 Å². The van der Waals surface area contributed by atoms with Crippen LogP contribution < -0.4 is 20.0 Å². The summed E-state index contributed by atoms with van der Waals surface area (Å²) in [4.78, 5) is 45.0. The van der Waals surface area contributed by atoms with Crippen molar-refractivity contribution in [1.82, 2.24) is 10.2 Å². The zero-order chi connectivity index (χ0) is 38.2. The molecule has 0 saturated carbocycles. The SMILES string of the molecule is CC(C)(C)OC(=O)N1CCN(c2ccc(Br)c3c2C[C@H](NC(=O)c2ccc(N4CCOCC4)cc2)CC3)CC1.O=C(O)c1ccc(N2CCOCC2)cc1. The van der Waals surface area contributed by atoms with E-state index in [0.717, 1.165) is 101 Å². The van der Waals surface area contributed by atoms with Crippen molar-refractivity contribution in [3.63, 3.8) is 0 Å². The Kier molecular flexibility index (Phi) is 13.0. The number of halogens is 1. The van der Waals surface area contributed by atoms with Gasteiger partial charge in [-0.15, -0.1) is 0 Å². The van der Waals surface area contributed by atoms with Crippen molar-refractivity contribution in [1.29, 1.82) is 0 Å². The average Bonchev–Trinajstić information content (AvgIpc) is 3.18. The van der Waals surface area contributed by atoms with Crippen molar-refractivity contribution in [3.8, 4) is 0 Å². The van der Waals surface area contributed by atoms with E-state index < -0.39 is 11.6 Å². The maximum atomic E-state index is 13.2. The summed E-state index contributed by atoms with van der Waals surface area (Å²) >= 11 is 3.76. The van der Waals surface area contributed by atoms with E-state index >= 15 is 0 Å². The predicted molar refractivity (Wildman–Crippen MR) is 213 cm³/mol. The van der Waals surface area contributed by atoms with E-state index in [9.17, 15) is 14.4 Å². The molecule has 0 aromatic heterocycles. The highest BCUT2D eigenvalue weighted by Gasteiger charge is 2.30. The van der Waals surface area contributed by atoms with Crippen molar-refractivity contribution in [3.05, 3.63) is 87.4 Å². The normalized spacial score (nSPS) is 18.9. The first-order valence-electron chi connectivity index (χ1n) is 18.9. The highest BCUT2D eigenvalue weighted by Crippen LogP contribution is 2.36. The molecule has 0 unspecified atom stereocenters. The summed E-state index contributed by atoms with van der Waals surface area (Å²) in [6.07, 6.45) is 2.34. The number of carboxylic acids is 1. The van der Waals surface area contributed by atoms with Gasteiger partial charge >= 0.3 is 12.1 Å². The molecule has 54 heavy (non-hydrogen) atoms. The second-order valence-electron chi connectivity index (χ2n) is 15.0. The van der Waals surface area contributed by atoms with E-state index in [0.29, 0.717) is 24.2 Å². The van der Waals surface area contributed by atoms with Crippen molar-refractivity contribution >= 4 is 51.0 Å². The lowest BCUT2D eigenvalue weighted by molar-refractivity contribution is 0.0240. The Balaban J connectivity index is 0.000000276. The Morgan fingerprint density at radius 3 is 1.78 bits per heavy atom. The minimum absolute atomic E-state index is 0.0282. The molecule has 3 aliphatic heterocycles. The summed E-state index contributed by atoms with van der Waals surface area (Å²) in [5.74, 6) is -0.914. The van der Waals surface area contributed by atoms with Crippen molar-refractivity contribution in [2.45, 2.75) is 51.7 Å². The highest BCUT2D eigenvalue weighted by atomic mass is 79.9. The fourth-order valence-electron chi connectivity index (χ4n) is 7.24. The molecule has 3 saturated heterocycles. The Hall–Kier alpha value is -4.33. The molecule has 1 aliphatic carbocycles. The monoisotopic (exact) mass is 805 g/mol. The molecular weight excluding hydrogens is 754 g/mol. The minimum atomic E-state index is -0.886. The molecule has 0 radical (unpaired) electrons. The smallest absolute Gasteiger partial charge is 0.410 e. The third kappa shape index (κ3) is 10.2. The number of rotatable bonds is 6. The van der Waals surface area contributed by atoms with E-state index in [-0.39, 0.29) is 18.0 Å². The number of anilines is 3. The maximum Gasteiger partial charge on any atom is 0.410 e. The minimum Gasteiger partial charge on any atom is -0.478 e. The first-order valence-corrected chi connectivity index (χ1v) is 19.7. The molecule has 3 fully saturated rings. The van der Waals surface area contributed by atoms with Crippen LogP contribution in [0.2, 0.25) is 0 Å². The fourth-order valence-corrected chi connectivity index (χ4v) is 7.81. The van der Waals surface area contributed by atoms with Crippen LogP contribution in [0.15, 0.2) is 65.1 Å². The van der Waals surface area contributed by atoms with Crippen molar-refractivity contribution in [2.75, 3.05) is 93.5 Å². The van der Waals surface area contributed by atoms with Gasteiger partial charge in [0.15, 0.2) is 0 Å². The summed E-state index contributed by atoms with van der Waals surface area (Å²) in [7, 11) is 0. The lowest BCUT2D eigenvalue weighted by atomic mass is 9.86. The van der Waals surface area contributed by atoms with E-state index in [1.807, 2.05) is 57.2 Å². The summed E-state index contributed by atoms with van der Waals surface area (Å²) in [5.41, 5.74) is 6.51. The fraction of sp³-hybridized carbons (Fsp3) is 0.488. The molecule has 3 aromatic carbocycles. The van der Waals surface area contributed by atoms with Gasteiger partial charge in [0.1, 0.15) is 5.60 Å². The Labute approximate surface area is 326 Å². The first-order chi connectivity index (χ1) is 25.9. The molecule has 3 heterocycles. The van der Waals surface area contributed by atoms with Crippen LogP contribution in [0.3, 0.4) is 0 Å². The van der Waals surface area contributed by atoms with Gasteiger partial charge in [0.2, 0.25) is 0 Å². The first kappa shape index (κ1) is 39.4. The molecule has 7 rings (SSSR count). The van der Waals surface area contributed by atoms with E-state index in [1.54, 1.807) is 17.0 Å². The number of nitrogens with zero attached hydrogens (tertiary/aromatic N) is 4. The van der Waals surface area contributed by atoms with E-state index in [1.165, 1.54) is 16.8 Å². The average molecular weight is 807 g/mol. The second-order valence-corrected chi connectivity index (χ2v) is 15.8. The molecular formula is C41H52BrN5O7. The molecule has 13 heteroatoms. The topological polar surface area (TPSA) is 124 Å². The Bertz CT molecular complexity index is 1750. The molecule has 290 valence electrons. The van der Waals surface area contributed by atoms with Gasteiger partial charge in [0, 0.05) is 85.5 Å². The molecule has 12 nitrogen and oxygen atoms in total. The van der Waals surface area contributed by atoms with Crippen LogP contribution in [-0.4, -0.2) is 118 Å². The van der Waals surface area contributed by atoms with E-state index in [2.05, 4.69) is 48.1 Å². The van der Waals surface area contributed by atoms with Gasteiger partial charge in [-0.1, -0.05) is 15.9 Å². The Morgan fingerprint density at radius 1 is 0.722 bits per heavy atom. The van der Waals surface area contributed by atoms with Crippen LogP contribution in [0.4, 0.5) is 21.9 Å². The quantitative estimate of drug-likeness (QED) is 0.314. The zero-order valence-electron chi connectivity index (χ0n) is 31.5. The number of aromatic carboxylic acids is 1. The number of carboxylic acid groups (broad SMARTS) is 1. The van der Waals surface area contributed by atoms with Crippen molar-refractivity contribution in [2.24, 2.45) is 0 Å². The van der Waals surface area contributed by atoms with Gasteiger partial charge in [-0.25, -0.2) is 9.59 Å². The van der Waals surface area contributed by atoms with Crippen LogP contribution in [0, 0.1) is 0 Å². The summed E-state index contributed by atoms with van der Waals surface area (Å²) < 4.78 is 17.4. The Morgan fingerprint density at radius 2 is 1.26 bits per heavy atom. The number of hydrogen-bond acceptors (Lipinski definition) is 9. The number of nitrogens with one attached hydrogen (secondary N) is 1. The summed E-state index contributed by atoms with van der Waals surface area (Å²) in [6, 6.07) is 19.2. The number of carbonyl (C=O) groups excluding carboxylic acids is 2. The predicted octanol–water partition coefficient (Wildman–Crippen LogP) is 5.85. The van der Waals surface area contributed by atoms with Crippen LogP contribution in [0.5, 0.6) is 0 Å². The maximum absolute atomic E-state index is 13.2. The number of ether oxygens (including phenoxy) is 3. The van der Waals surface area contributed by atoms with Crippen LogP contribution >= 0.6 is 15.9 Å². The van der Waals surface area contributed by atoms with Gasteiger partial charge in [0.25, 0.3) is 5.91 Å². The molecule has 1 atom stereocenters.